The van der Waals surface area contributed by atoms with Crippen molar-refractivity contribution in [2.45, 2.75) is 68.3 Å². The maximum atomic E-state index is 11.4. The lowest BCUT2D eigenvalue weighted by Crippen LogP contribution is -2.68. The monoisotopic (exact) mass is 396 g/mol. The molecular weight excluding hydrogens is 372 g/mol. The SMILES string of the molecule is CC(=O)N[C@H]1C(O[C@H]2[C@H](O)[C@@H](C(N)=O)OC(O)[C@@H]2O)O[C@H](CO)[C@@H](O)[C@@H]1O. The first-order valence-corrected chi connectivity index (χ1v) is 8.12. The van der Waals surface area contributed by atoms with E-state index in [0.717, 1.165) is 6.92 Å². The van der Waals surface area contributed by atoms with Crippen LogP contribution >= 0.6 is 0 Å². The van der Waals surface area contributed by atoms with Crippen molar-refractivity contribution in [1.82, 2.24) is 5.32 Å². The van der Waals surface area contributed by atoms with Crippen molar-refractivity contribution in [2.75, 3.05) is 6.61 Å². The van der Waals surface area contributed by atoms with Gasteiger partial charge in [-0.2, -0.15) is 0 Å². The number of primary amides is 1. The molecule has 0 aromatic heterocycles. The molecule has 0 aliphatic carbocycles. The summed E-state index contributed by atoms with van der Waals surface area (Å²) in [5.41, 5.74) is 5.07. The van der Waals surface area contributed by atoms with Crippen LogP contribution in [0.3, 0.4) is 0 Å². The zero-order valence-corrected chi connectivity index (χ0v) is 14.3. The number of hydrogen-bond donors (Lipinski definition) is 8. The predicted octanol–water partition coefficient (Wildman–Crippen LogP) is -5.76. The quantitative estimate of drug-likeness (QED) is 0.219. The number of rotatable bonds is 5. The van der Waals surface area contributed by atoms with Crippen molar-refractivity contribution < 1.29 is 54.4 Å². The lowest BCUT2D eigenvalue weighted by atomic mass is 9.95. The van der Waals surface area contributed by atoms with Gasteiger partial charge >= 0.3 is 0 Å². The number of amides is 2. The van der Waals surface area contributed by atoms with Gasteiger partial charge in [-0.15, -0.1) is 0 Å². The number of hydrogen-bond acceptors (Lipinski definition) is 11. The predicted molar refractivity (Wildman–Crippen MR) is 82.3 cm³/mol. The number of aliphatic hydroxyl groups is 6. The van der Waals surface area contributed by atoms with E-state index in [2.05, 4.69) is 5.32 Å². The summed E-state index contributed by atoms with van der Waals surface area (Å²) in [5, 5.41) is 61.7. The first-order valence-electron chi connectivity index (χ1n) is 8.12. The number of ether oxygens (including phenoxy) is 3. The van der Waals surface area contributed by atoms with Crippen LogP contribution in [-0.4, -0.2) is 110 Å². The minimum absolute atomic E-state index is 0.617. The number of carbonyl (C=O) groups is 2. The van der Waals surface area contributed by atoms with E-state index in [-0.39, 0.29) is 0 Å². The van der Waals surface area contributed by atoms with E-state index in [1.807, 2.05) is 0 Å². The maximum absolute atomic E-state index is 11.4. The molecule has 13 nitrogen and oxygen atoms in total. The number of nitrogens with two attached hydrogens (primary N) is 1. The molecule has 10 atom stereocenters. The molecule has 0 aromatic rings. The van der Waals surface area contributed by atoms with Gasteiger partial charge in [0.05, 0.1) is 6.61 Å². The van der Waals surface area contributed by atoms with Gasteiger partial charge in [-0.3, -0.25) is 9.59 Å². The van der Waals surface area contributed by atoms with Crippen LogP contribution in [0.15, 0.2) is 0 Å². The van der Waals surface area contributed by atoms with Gasteiger partial charge in [0.15, 0.2) is 18.7 Å². The van der Waals surface area contributed by atoms with Gasteiger partial charge in [0.2, 0.25) is 11.8 Å². The molecule has 2 aliphatic rings. The van der Waals surface area contributed by atoms with E-state index in [0.29, 0.717) is 0 Å². The van der Waals surface area contributed by atoms with Crippen LogP contribution in [0.1, 0.15) is 6.92 Å². The lowest BCUT2D eigenvalue weighted by Gasteiger charge is -2.46. The van der Waals surface area contributed by atoms with Crippen LogP contribution < -0.4 is 11.1 Å². The van der Waals surface area contributed by atoms with E-state index in [9.17, 15) is 40.2 Å². The largest absolute Gasteiger partial charge is 0.394 e. The molecule has 0 saturated carbocycles. The Morgan fingerprint density at radius 1 is 1.04 bits per heavy atom. The molecule has 2 saturated heterocycles. The number of nitrogens with one attached hydrogen (secondary N) is 1. The molecule has 0 aromatic carbocycles. The van der Waals surface area contributed by atoms with Gasteiger partial charge < -0.3 is 55.9 Å². The van der Waals surface area contributed by atoms with Gasteiger partial charge in [-0.25, -0.2) is 0 Å². The molecule has 2 unspecified atom stereocenters. The fourth-order valence-electron chi connectivity index (χ4n) is 2.99. The molecule has 13 heteroatoms. The van der Waals surface area contributed by atoms with Gasteiger partial charge in [0, 0.05) is 6.92 Å². The van der Waals surface area contributed by atoms with Crippen LogP contribution in [0, 0.1) is 0 Å². The molecule has 9 N–H and O–H groups in total. The molecular formula is C14H24N2O11. The highest BCUT2D eigenvalue weighted by Gasteiger charge is 2.52. The van der Waals surface area contributed by atoms with Gasteiger partial charge in [0.25, 0.3) is 0 Å². The molecule has 27 heavy (non-hydrogen) atoms. The molecule has 2 rings (SSSR count). The van der Waals surface area contributed by atoms with Gasteiger partial charge in [0.1, 0.15) is 42.7 Å². The Bertz CT molecular complexity index is 549. The van der Waals surface area contributed by atoms with E-state index in [1.165, 1.54) is 0 Å². The van der Waals surface area contributed by atoms with Crippen molar-refractivity contribution in [3.8, 4) is 0 Å². The number of aliphatic hydroxyl groups excluding tert-OH is 6. The average molecular weight is 396 g/mol. The lowest BCUT2D eigenvalue weighted by molar-refractivity contribution is -0.335. The normalized spacial score (nSPS) is 45.3. The fraction of sp³-hybridized carbons (Fsp3) is 0.857. The van der Waals surface area contributed by atoms with E-state index < -0.39 is 79.8 Å². The minimum Gasteiger partial charge on any atom is -0.394 e. The van der Waals surface area contributed by atoms with Crippen molar-refractivity contribution >= 4 is 11.8 Å². The molecule has 0 spiro atoms. The Kier molecular flexibility index (Phi) is 7.07. The Balaban J connectivity index is 2.26. The highest BCUT2D eigenvalue weighted by atomic mass is 16.7. The summed E-state index contributed by atoms with van der Waals surface area (Å²) >= 11 is 0. The van der Waals surface area contributed by atoms with Crippen LogP contribution in [0.5, 0.6) is 0 Å². The maximum Gasteiger partial charge on any atom is 0.249 e. The molecule has 2 heterocycles. The molecule has 2 aliphatic heterocycles. The van der Waals surface area contributed by atoms with Crippen LogP contribution in [0.4, 0.5) is 0 Å². The van der Waals surface area contributed by atoms with Gasteiger partial charge in [-0.05, 0) is 0 Å². The third kappa shape index (κ3) is 4.53. The fourth-order valence-corrected chi connectivity index (χ4v) is 2.99. The van der Waals surface area contributed by atoms with Crippen LogP contribution in [0.2, 0.25) is 0 Å². The smallest absolute Gasteiger partial charge is 0.249 e. The van der Waals surface area contributed by atoms with Crippen molar-refractivity contribution in [2.24, 2.45) is 5.73 Å². The first kappa shape index (κ1) is 21.9. The summed E-state index contributed by atoms with van der Waals surface area (Å²) in [5.74, 6) is -1.75. The second-order valence-electron chi connectivity index (χ2n) is 6.36. The summed E-state index contributed by atoms with van der Waals surface area (Å²) in [6.45, 7) is 0.412. The van der Waals surface area contributed by atoms with Crippen LogP contribution in [0.25, 0.3) is 0 Å². The number of carbonyl (C=O) groups excluding carboxylic acids is 2. The van der Waals surface area contributed by atoms with Crippen molar-refractivity contribution in [3.63, 3.8) is 0 Å². The average Bonchev–Trinajstić information content (AvgIpc) is 2.60. The van der Waals surface area contributed by atoms with Crippen molar-refractivity contribution in [1.29, 1.82) is 0 Å². The summed E-state index contributed by atoms with van der Waals surface area (Å²) < 4.78 is 15.4. The molecule has 2 amide bonds. The zero-order chi connectivity index (χ0) is 20.5. The Labute approximate surface area is 153 Å². The molecule has 156 valence electrons. The Hall–Kier alpha value is -1.42. The van der Waals surface area contributed by atoms with E-state index in [4.69, 9.17) is 19.9 Å². The Morgan fingerprint density at radius 3 is 2.19 bits per heavy atom. The highest BCUT2D eigenvalue weighted by Crippen LogP contribution is 2.28. The van der Waals surface area contributed by atoms with Crippen LogP contribution in [-0.2, 0) is 23.8 Å². The molecule has 0 radical (unpaired) electrons. The topological polar surface area (TPSA) is 221 Å². The molecule has 0 bridgehead atoms. The standard InChI is InChI=1S/C14H24N2O11/c1-3(18)16-5-7(20)6(19)4(2-17)25-14(5)27-10-8(21)11(12(15)23)26-13(24)9(10)22/h4-11,13-14,17,19-22,24H,2H2,1H3,(H2,15,23)(H,16,18)/t4-,5-,6-,7-,8+,9-,10+,11+,13?,14?/m1/s1. The summed E-state index contributed by atoms with van der Waals surface area (Å²) in [6.07, 6.45) is -15.0. The second-order valence-corrected chi connectivity index (χ2v) is 6.36. The zero-order valence-electron chi connectivity index (χ0n) is 14.3. The van der Waals surface area contributed by atoms with E-state index in [1.54, 1.807) is 0 Å². The summed E-state index contributed by atoms with van der Waals surface area (Å²) in [4.78, 5) is 22.7. The van der Waals surface area contributed by atoms with E-state index >= 15 is 0 Å². The van der Waals surface area contributed by atoms with Crippen molar-refractivity contribution in [3.05, 3.63) is 0 Å². The Morgan fingerprint density at radius 2 is 1.67 bits per heavy atom. The minimum atomic E-state index is -1.93. The third-order valence-corrected chi connectivity index (χ3v) is 4.38. The third-order valence-electron chi connectivity index (χ3n) is 4.38. The first-order chi connectivity index (χ1) is 12.6. The second kappa shape index (κ2) is 8.72. The summed E-state index contributed by atoms with van der Waals surface area (Å²) in [7, 11) is 0. The molecule has 2 fully saturated rings. The summed E-state index contributed by atoms with van der Waals surface area (Å²) in [6, 6.07) is -1.35. The van der Waals surface area contributed by atoms with Gasteiger partial charge in [-0.1, -0.05) is 0 Å². The highest BCUT2D eigenvalue weighted by molar-refractivity contribution is 5.79.